The number of rotatable bonds is 6. The van der Waals surface area contributed by atoms with Gasteiger partial charge >= 0.3 is 0 Å². The number of aliphatic hydroxyl groups excluding tert-OH is 1. The van der Waals surface area contributed by atoms with Gasteiger partial charge < -0.3 is 10.0 Å². The number of hydrogen-bond acceptors (Lipinski definition) is 2. The van der Waals surface area contributed by atoms with Crippen molar-refractivity contribution in [3.8, 4) is 0 Å². The predicted octanol–water partition coefficient (Wildman–Crippen LogP) is 3.33. The topological polar surface area (TPSA) is 23.5 Å². The van der Waals surface area contributed by atoms with Crippen molar-refractivity contribution in [3.63, 3.8) is 0 Å². The van der Waals surface area contributed by atoms with E-state index in [9.17, 15) is 5.11 Å². The summed E-state index contributed by atoms with van der Waals surface area (Å²) in [6, 6.07) is 6.48. The molecular weight excluding hydrogens is 234 g/mol. The van der Waals surface area contributed by atoms with Gasteiger partial charge in [-0.2, -0.15) is 0 Å². The number of aliphatic hydroxyl groups is 1. The SMILES string of the molecule is CCC(CC)(C(O)Cc1ccc(C)c(C)c1)N(C)C. The minimum Gasteiger partial charge on any atom is -0.391 e. The summed E-state index contributed by atoms with van der Waals surface area (Å²) in [5.74, 6) is 0. The van der Waals surface area contributed by atoms with Gasteiger partial charge in [0.15, 0.2) is 0 Å². The third-order valence-electron chi connectivity index (χ3n) is 4.74. The first-order chi connectivity index (χ1) is 8.87. The summed E-state index contributed by atoms with van der Waals surface area (Å²) in [6.07, 6.45) is 2.31. The maximum Gasteiger partial charge on any atom is 0.0763 e. The molecule has 1 aromatic rings. The maximum absolute atomic E-state index is 10.7. The molecule has 0 bridgehead atoms. The van der Waals surface area contributed by atoms with Crippen LogP contribution in [0, 0.1) is 13.8 Å². The lowest BCUT2D eigenvalue weighted by Gasteiger charge is -2.42. The third kappa shape index (κ3) is 3.37. The molecule has 1 unspecified atom stereocenters. The van der Waals surface area contributed by atoms with E-state index in [0.29, 0.717) is 0 Å². The Balaban J connectivity index is 2.93. The first-order valence-electron chi connectivity index (χ1n) is 7.29. The van der Waals surface area contributed by atoms with Gasteiger partial charge in [-0.25, -0.2) is 0 Å². The van der Waals surface area contributed by atoms with Crippen LogP contribution in [0.15, 0.2) is 18.2 Å². The van der Waals surface area contributed by atoms with E-state index in [1.165, 1.54) is 16.7 Å². The summed E-state index contributed by atoms with van der Waals surface area (Å²) >= 11 is 0. The number of nitrogens with zero attached hydrogens (tertiary/aromatic N) is 1. The summed E-state index contributed by atoms with van der Waals surface area (Å²) in [7, 11) is 4.13. The summed E-state index contributed by atoms with van der Waals surface area (Å²) in [4.78, 5) is 2.18. The van der Waals surface area contributed by atoms with Crippen molar-refractivity contribution in [1.29, 1.82) is 0 Å². The lowest BCUT2D eigenvalue weighted by atomic mass is 9.82. The Bertz CT molecular complexity index is 408. The lowest BCUT2D eigenvalue weighted by Crippen LogP contribution is -2.53. The van der Waals surface area contributed by atoms with Crippen molar-refractivity contribution in [1.82, 2.24) is 4.90 Å². The molecule has 0 heterocycles. The minimum absolute atomic E-state index is 0.126. The fraction of sp³-hybridized carbons (Fsp3) is 0.647. The van der Waals surface area contributed by atoms with Crippen LogP contribution in [0.1, 0.15) is 43.4 Å². The average Bonchev–Trinajstić information content (AvgIpc) is 2.35. The van der Waals surface area contributed by atoms with Crippen LogP contribution < -0.4 is 0 Å². The summed E-state index contributed by atoms with van der Waals surface area (Å²) in [6.45, 7) is 8.57. The zero-order valence-electron chi connectivity index (χ0n) is 13.3. The number of hydrogen-bond donors (Lipinski definition) is 1. The molecule has 0 radical (unpaired) electrons. The van der Waals surface area contributed by atoms with Crippen molar-refractivity contribution < 1.29 is 5.11 Å². The van der Waals surface area contributed by atoms with Crippen molar-refractivity contribution >= 4 is 0 Å². The van der Waals surface area contributed by atoms with Crippen molar-refractivity contribution in [3.05, 3.63) is 34.9 Å². The molecule has 0 aliphatic heterocycles. The van der Waals surface area contributed by atoms with Crippen LogP contribution >= 0.6 is 0 Å². The molecule has 1 aromatic carbocycles. The third-order valence-corrected chi connectivity index (χ3v) is 4.74. The molecule has 0 aliphatic rings. The molecule has 0 fully saturated rings. The molecule has 2 heteroatoms. The van der Waals surface area contributed by atoms with E-state index in [1.54, 1.807) is 0 Å². The molecule has 0 saturated heterocycles. The average molecular weight is 263 g/mol. The van der Waals surface area contributed by atoms with Crippen LogP contribution in [0.3, 0.4) is 0 Å². The van der Waals surface area contributed by atoms with Gasteiger partial charge in [0.2, 0.25) is 0 Å². The van der Waals surface area contributed by atoms with Gasteiger partial charge in [-0.15, -0.1) is 0 Å². The summed E-state index contributed by atoms with van der Waals surface area (Å²) < 4.78 is 0. The number of aryl methyl sites for hydroxylation is 2. The molecule has 0 saturated carbocycles. The zero-order valence-corrected chi connectivity index (χ0v) is 13.3. The van der Waals surface area contributed by atoms with Crippen molar-refractivity contribution in [2.75, 3.05) is 14.1 Å². The highest BCUT2D eigenvalue weighted by Crippen LogP contribution is 2.28. The minimum atomic E-state index is -0.334. The summed E-state index contributed by atoms with van der Waals surface area (Å²) in [5.41, 5.74) is 3.71. The van der Waals surface area contributed by atoms with Crippen molar-refractivity contribution in [2.45, 2.75) is 58.6 Å². The molecule has 0 amide bonds. The monoisotopic (exact) mass is 263 g/mol. The predicted molar refractivity (Wildman–Crippen MR) is 82.6 cm³/mol. The summed E-state index contributed by atoms with van der Waals surface area (Å²) in [5, 5.41) is 10.7. The van der Waals surface area contributed by atoms with Crippen molar-refractivity contribution in [2.24, 2.45) is 0 Å². The van der Waals surface area contributed by atoms with E-state index < -0.39 is 0 Å². The molecule has 0 spiro atoms. The highest BCUT2D eigenvalue weighted by Gasteiger charge is 2.36. The second-order valence-corrected chi connectivity index (χ2v) is 5.84. The maximum atomic E-state index is 10.7. The van der Waals surface area contributed by atoms with E-state index in [2.05, 4.69) is 64.9 Å². The van der Waals surface area contributed by atoms with E-state index >= 15 is 0 Å². The van der Waals surface area contributed by atoms with Crippen LogP contribution in [0.25, 0.3) is 0 Å². The Labute approximate surface area is 118 Å². The van der Waals surface area contributed by atoms with Crippen LogP contribution in [0.4, 0.5) is 0 Å². The second-order valence-electron chi connectivity index (χ2n) is 5.84. The molecule has 1 N–H and O–H groups in total. The smallest absolute Gasteiger partial charge is 0.0763 e. The van der Waals surface area contributed by atoms with E-state index in [1.807, 2.05) is 0 Å². The molecule has 2 nitrogen and oxygen atoms in total. The standard InChI is InChI=1S/C17H29NO/c1-7-17(8-2,18(5)6)16(19)12-15-10-9-13(3)14(4)11-15/h9-11,16,19H,7-8,12H2,1-6H3. The van der Waals surface area contributed by atoms with Crippen LogP contribution in [0.5, 0.6) is 0 Å². The Morgan fingerprint density at radius 3 is 2.11 bits per heavy atom. The largest absolute Gasteiger partial charge is 0.391 e. The molecular formula is C17H29NO. The zero-order chi connectivity index (χ0) is 14.6. The van der Waals surface area contributed by atoms with Gasteiger partial charge in [0.25, 0.3) is 0 Å². The molecule has 1 atom stereocenters. The molecule has 0 aliphatic carbocycles. The highest BCUT2D eigenvalue weighted by atomic mass is 16.3. The van der Waals surface area contributed by atoms with Gasteiger partial charge in [-0.3, -0.25) is 0 Å². The quantitative estimate of drug-likeness (QED) is 0.851. The van der Waals surface area contributed by atoms with Gasteiger partial charge in [0, 0.05) is 12.0 Å². The molecule has 19 heavy (non-hydrogen) atoms. The van der Waals surface area contributed by atoms with Gasteiger partial charge in [0.1, 0.15) is 0 Å². The van der Waals surface area contributed by atoms with Gasteiger partial charge in [-0.05, 0) is 57.5 Å². The normalized spacial score (nSPS) is 13.9. The lowest BCUT2D eigenvalue weighted by molar-refractivity contribution is -0.0125. The first-order valence-corrected chi connectivity index (χ1v) is 7.29. The van der Waals surface area contributed by atoms with E-state index in [0.717, 1.165) is 19.3 Å². The first kappa shape index (κ1) is 16.2. The second kappa shape index (κ2) is 6.53. The molecule has 108 valence electrons. The Hall–Kier alpha value is -0.860. The highest BCUT2D eigenvalue weighted by molar-refractivity contribution is 5.30. The Morgan fingerprint density at radius 2 is 1.68 bits per heavy atom. The van der Waals surface area contributed by atoms with Gasteiger partial charge in [0.05, 0.1) is 6.10 Å². The number of likely N-dealkylation sites (N-methyl/N-ethyl adjacent to an activating group) is 1. The van der Waals surface area contributed by atoms with E-state index in [4.69, 9.17) is 0 Å². The van der Waals surface area contributed by atoms with Crippen LogP contribution in [-0.4, -0.2) is 35.7 Å². The molecule has 0 aromatic heterocycles. The number of benzene rings is 1. The van der Waals surface area contributed by atoms with Gasteiger partial charge in [-0.1, -0.05) is 32.0 Å². The Morgan fingerprint density at radius 1 is 1.11 bits per heavy atom. The Kier molecular flexibility index (Phi) is 5.57. The fourth-order valence-electron chi connectivity index (χ4n) is 3.00. The fourth-order valence-corrected chi connectivity index (χ4v) is 3.00. The molecule has 1 rings (SSSR count). The van der Waals surface area contributed by atoms with Crippen LogP contribution in [-0.2, 0) is 6.42 Å². The van der Waals surface area contributed by atoms with Crippen LogP contribution in [0.2, 0.25) is 0 Å². The van der Waals surface area contributed by atoms with E-state index in [-0.39, 0.29) is 11.6 Å².